The molecule has 0 bridgehead atoms. The molecular weight excluding hydrogens is 384 g/mol. The number of hydrogen-bond acceptors (Lipinski definition) is 6. The second-order valence-corrected chi connectivity index (χ2v) is 8.36. The number of nitrogens with zero attached hydrogens (tertiary/aromatic N) is 1. The summed E-state index contributed by atoms with van der Waals surface area (Å²) in [5, 5.41) is 2.82. The molecule has 3 heterocycles. The van der Waals surface area contributed by atoms with Gasteiger partial charge in [0.15, 0.2) is 18.1 Å². The van der Waals surface area contributed by atoms with Gasteiger partial charge in [-0.15, -0.1) is 0 Å². The average molecular weight is 408 g/mol. The lowest BCUT2D eigenvalue weighted by Crippen LogP contribution is -2.41. The number of carbonyl (C=O) groups is 1. The Morgan fingerprint density at radius 3 is 2.97 bits per heavy atom. The number of anilines is 1. The number of nitrogens with one attached hydrogen (secondary N) is 1. The monoisotopic (exact) mass is 408 g/mol. The van der Waals surface area contributed by atoms with Crippen molar-refractivity contribution in [2.24, 2.45) is 0 Å². The summed E-state index contributed by atoms with van der Waals surface area (Å²) >= 11 is 0. The largest absolute Gasteiger partial charge is 0.489 e. The van der Waals surface area contributed by atoms with Crippen LogP contribution in [0, 0.1) is 0 Å². The van der Waals surface area contributed by atoms with E-state index in [1.165, 1.54) is 11.1 Å². The number of aryl methyl sites for hydroxylation is 1. The molecule has 1 aliphatic carbocycles. The van der Waals surface area contributed by atoms with Crippen molar-refractivity contribution in [1.29, 1.82) is 0 Å². The SMILES string of the molecule is O=C1COc2ccc(O[C@@H]3CCN(C[C@H]4COc5ccc6c(c5O4)CC6)C3)cc2N1. The molecule has 7 heteroatoms. The van der Waals surface area contributed by atoms with Gasteiger partial charge in [0.1, 0.15) is 30.3 Å². The fourth-order valence-corrected chi connectivity index (χ4v) is 4.63. The Bertz CT molecular complexity index is 1010. The zero-order valence-electron chi connectivity index (χ0n) is 16.7. The fourth-order valence-electron chi connectivity index (χ4n) is 4.63. The van der Waals surface area contributed by atoms with E-state index in [1.807, 2.05) is 24.3 Å². The minimum Gasteiger partial charge on any atom is -0.489 e. The number of rotatable bonds is 4. The third kappa shape index (κ3) is 3.23. The van der Waals surface area contributed by atoms with Crippen molar-refractivity contribution in [1.82, 2.24) is 4.90 Å². The second-order valence-electron chi connectivity index (χ2n) is 8.36. The molecule has 1 N–H and O–H groups in total. The molecule has 1 amide bonds. The van der Waals surface area contributed by atoms with E-state index in [9.17, 15) is 4.79 Å². The maximum absolute atomic E-state index is 11.5. The molecule has 2 aromatic carbocycles. The Balaban J connectivity index is 1.06. The van der Waals surface area contributed by atoms with Gasteiger partial charge in [-0.05, 0) is 43.0 Å². The number of fused-ring (bicyclic) bond motifs is 4. The minimum atomic E-state index is -0.141. The van der Waals surface area contributed by atoms with E-state index in [0.717, 1.165) is 56.1 Å². The molecule has 0 aromatic heterocycles. The van der Waals surface area contributed by atoms with E-state index < -0.39 is 0 Å². The van der Waals surface area contributed by atoms with Crippen molar-refractivity contribution in [2.45, 2.75) is 31.5 Å². The molecule has 0 spiro atoms. The summed E-state index contributed by atoms with van der Waals surface area (Å²) in [6, 6.07) is 9.77. The molecule has 3 aliphatic heterocycles. The van der Waals surface area contributed by atoms with E-state index in [4.69, 9.17) is 18.9 Å². The fraction of sp³-hybridized carbons (Fsp3) is 0.435. The first-order valence-electron chi connectivity index (χ1n) is 10.6. The molecule has 1 saturated heterocycles. The summed E-state index contributed by atoms with van der Waals surface area (Å²) < 4.78 is 23.9. The molecule has 156 valence electrons. The highest BCUT2D eigenvalue weighted by atomic mass is 16.6. The lowest BCUT2D eigenvalue weighted by Gasteiger charge is -2.33. The summed E-state index contributed by atoms with van der Waals surface area (Å²) in [6.07, 6.45) is 3.33. The van der Waals surface area contributed by atoms with Gasteiger partial charge in [-0.2, -0.15) is 0 Å². The number of carbonyl (C=O) groups excluding carboxylic acids is 1. The van der Waals surface area contributed by atoms with Crippen LogP contribution in [0.2, 0.25) is 0 Å². The quantitative estimate of drug-likeness (QED) is 0.838. The summed E-state index contributed by atoms with van der Waals surface area (Å²) in [5.74, 6) is 3.13. The Morgan fingerprint density at radius 1 is 1.13 bits per heavy atom. The van der Waals surface area contributed by atoms with Gasteiger partial charge in [-0.1, -0.05) is 6.07 Å². The predicted molar refractivity (Wildman–Crippen MR) is 110 cm³/mol. The van der Waals surface area contributed by atoms with Crippen LogP contribution < -0.4 is 24.3 Å². The van der Waals surface area contributed by atoms with Crippen molar-refractivity contribution in [2.75, 3.05) is 38.2 Å². The van der Waals surface area contributed by atoms with Gasteiger partial charge in [0.05, 0.1) is 5.69 Å². The molecule has 0 unspecified atom stereocenters. The molecule has 6 rings (SSSR count). The highest BCUT2D eigenvalue weighted by molar-refractivity contribution is 5.95. The van der Waals surface area contributed by atoms with Crippen LogP contribution in [0.5, 0.6) is 23.0 Å². The van der Waals surface area contributed by atoms with Crippen molar-refractivity contribution in [3.63, 3.8) is 0 Å². The third-order valence-corrected chi connectivity index (χ3v) is 6.25. The zero-order valence-corrected chi connectivity index (χ0v) is 16.7. The van der Waals surface area contributed by atoms with Gasteiger partial charge in [0.25, 0.3) is 5.91 Å². The molecule has 2 atom stereocenters. The maximum Gasteiger partial charge on any atom is 0.262 e. The molecule has 7 nitrogen and oxygen atoms in total. The Labute approximate surface area is 174 Å². The van der Waals surface area contributed by atoms with Crippen LogP contribution in [0.3, 0.4) is 0 Å². The number of ether oxygens (including phenoxy) is 4. The number of amides is 1. The van der Waals surface area contributed by atoms with Crippen LogP contribution in [0.1, 0.15) is 17.5 Å². The van der Waals surface area contributed by atoms with Crippen LogP contribution >= 0.6 is 0 Å². The molecular formula is C23H24N2O5. The maximum atomic E-state index is 11.5. The van der Waals surface area contributed by atoms with E-state index >= 15 is 0 Å². The van der Waals surface area contributed by atoms with E-state index in [1.54, 1.807) is 0 Å². The third-order valence-electron chi connectivity index (χ3n) is 6.25. The predicted octanol–water partition coefficient (Wildman–Crippen LogP) is 2.41. The molecule has 0 saturated carbocycles. The van der Waals surface area contributed by atoms with Crippen molar-refractivity contribution in [3.8, 4) is 23.0 Å². The van der Waals surface area contributed by atoms with Crippen LogP contribution in [-0.4, -0.2) is 55.9 Å². The van der Waals surface area contributed by atoms with Crippen LogP contribution in [0.4, 0.5) is 5.69 Å². The average Bonchev–Trinajstić information content (AvgIpc) is 3.14. The Morgan fingerprint density at radius 2 is 2.07 bits per heavy atom. The van der Waals surface area contributed by atoms with Gasteiger partial charge < -0.3 is 24.3 Å². The summed E-state index contributed by atoms with van der Waals surface area (Å²) in [6.45, 7) is 3.29. The highest BCUT2D eigenvalue weighted by Crippen LogP contribution is 2.42. The second kappa shape index (κ2) is 7.09. The van der Waals surface area contributed by atoms with E-state index in [2.05, 4.69) is 16.3 Å². The first-order chi connectivity index (χ1) is 14.7. The normalized spacial score (nSPS) is 24.2. The van der Waals surface area contributed by atoms with Gasteiger partial charge in [0, 0.05) is 31.3 Å². The molecule has 4 aliphatic rings. The van der Waals surface area contributed by atoms with Crippen molar-refractivity contribution in [3.05, 3.63) is 41.5 Å². The smallest absolute Gasteiger partial charge is 0.262 e. The van der Waals surface area contributed by atoms with Gasteiger partial charge in [-0.3, -0.25) is 9.69 Å². The van der Waals surface area contributed by atoms with E-state index in [0.29, 0.717) is 18.0 Å². The summed E-state index contributed by atoms with van der Waals surface area (Å²) in [5.41, 5.74) is 3.38. The number of likely N-dealkylation sites (tertiary alicyclic amines) is 1. The van der Waals surface area contributed by atoms with Crippen molar-refractivity contribution >= 4 is 11.6 Å². The first kappa shape index (κ1) is 17.9. The van der Waals surface area contributed by atoms with Crippen LogP contribution in [0.15, 0.2) is 30.3 Å². The standard InChI is InChI=1S/C23H24N2O5/c26-22-13-28-20-6-3-15(9-19(20)24-22)29-16-7-8-25(10-16)11-17-12-27-21-5-2-14-1-4-18(14)23(21)30-17/h2-3,5-6,9,16-17H,1,4,7-8,10-13H2,(H,24,26)/t16-,17+/m1/s1. The van der Waals surface area contributed by atoms with Gasteiger partial charge in [0.2, 0.25) is 0 Å². The first-order valence-corrected chi connectivity index (χ1v) is 10.6. The van der Waals surface area contributed by atoms with Crippen molar-refractivity contribution < 1.29 is 23.7 Å². The number of hydrogen-bond donors (Lipinski definition) is 1. The lowest BCUT2D eigenvalue weighted by molar-refractivity contribution is -0.118. The van der Waals surface area contributed by atoms with Crippen LogP contribution in [0.25, 0.3) is 0 Å². The molecule has 30 heavy (non-hydrogen) atoms. The van der Waals surface area contributed by atoms with Gasteiger partial charge >= 0.3 is 0 Å². The molecule has 2 aromatic rings. The van der Waals surface area contributed by atoms with Crippen LogP contribution in [-0.2, 0) is 17.6 Å². The topological polar surface area (TPSA) is 69.3 Å². The Hall–Kier alpha value is -2.93. The lowest BCUT2D eigenvalue weighted by atomic mass is 9.87. The van der Waals surface area contributed by atoms with E-state index in [-0.39, 0.29) is 24.7 Å². The Kier molecular flexibility index (Phi) is 4.23. The highest BCUT2D eigenvalue weighted by Gasteiger charge is 2.32. The van der Waals surface area contributed by atoms with Gasteiger partial charge in [-0.25, -0.2) is 0 Å². The minimum absolute atomic E-state index is 0.0412. The summed E-state index contributed by atoms with van der Waals surface area (Å²) in [4.78, 5) is 13.9. The molecule has 0 radical (unpaired) electrons. The zero-order chi connectivity index (χ0) is 20.1. The summed E-state index contributed by atoms with van der Waals surface area (Å²) in [7, 11) is 0. The number of benzene rings is 2. The molecule has 1 fully saturated rings.